The summed E-state index contributed by atoms with van der Waals surface area (Å²) in [5.74, 6) is 0. The molecule has 0 aliphatic carbocycles. The lowest BCUT2D eigenvalue weighted by Crippen LogP contribution is -3.15. The molecule has 28 heavy (non-hydrogen) atoms. The summed E-state index contributed by atoms with van der Waals surface area (Å²) in [5.41, 5.74) is 3.09. The second-order valence-corrected chi connectivity index (χ2v) is 7.59. The molecule has 6 nitrogen and oxygen atoms in total. The molecule has 3 N–H and O–H groups in total. The van der Waals surface area contributed by atoms with E-state index in [1.807, 2.05) is 14.1 Å². The topological polar surface area (TPSA) is 58.0 Å². The summed E-state index contributed by atoms with van der Waals surface area (Å²) in [4.78, 5) is 15.9. The van der Waals surface area contributed by atoms with Gasteiger partial charge in [-0.1, -0.05) is 23.7 Å². The molecular weight excluding hydrogens is 376 g/mol. The van der Waals surface area contributed by atoms with Gasteiger partial charge in [-0.25, -0.2) is 4.79 Å². The summed E-state index contributed by atoms with van der Waals surface area (Å²) in [6, 6.07) is 15.6. The highest BCUT2D eigenvalue weighted by Crippen LogP contribution is 2.17. The first-order chi connectivity index (χ1) is 13.5. The Hall–Kier alpha value is -2.28. The van der Waals surface area contributed by atoms with Crippen LogP contribution >= 0.6 is 11.6 Å². The molecule has 150 valence electrons. The number of nitrogens with zero attached hydrogens (tertiary/aromatic N) is 1. The highest BCUT2D eigenvalue weighted by atomic mass is 35.5. The van der Waals surface area contributed by atoms with Crippen LogP contribution in [0.15, 0.2) is 48.5 Å². The first kappa shape index (κ1) is 20.5. The van der Waals surface area contributed by atoms with Gasteiger partial charge in [-0.2, -0.15) is 0 Å². The molecule has 0 spiro atoms. The fourth-order valence-corrected chi connectivity index (χ4v) is 3.51. The van der Waals surface area contributed by atoms with Gasteiger partial charge in [0, 0.05) is 36.1 Å². The van der Waals surface area contributed by atoms with Crippen molar-refractivity contribution in [1.82, 2.24) is 5.32 Å². The maximum Gasteiger partial charge on any atom is 0.319 e. The van der Waals surface area contributed by atoms with Crippen molar-refractivity contribution in [3.63, 3.8) is 0 Å². The Labute approximate surface area is 171 Å². The number of hydrogen-bond donors (Lipinski definition) is 3. The SMILES string of the molecule is CN(C)c1ccc([C@H](CNC(=O)Nc2ccc(Cl)cc2)[NH+]2CCOCC2)cc1. The number of carbonyl (C=O) groups excluding carboxylic acids is 1. The number of urea groups is 1. The lowest BCUT2D eigenvalue weighted by molar-refractivity contribution is -0.937. The number of anilines is 2. The van der Waals surface area contributed by atoms with Crippen molar-refractivity contribution in [2.75, 3.05) is 57.2 Å². The van der Waals surface area contributed by atoms with E-state index >= 15 is 0 Å². The first-order valence-electron chi connectivity index (χ1n) is 9.53. The van der Waals surface area contributed by atoms with E-state index in [0.29, 0.717) is 17.3 Å². The smallest absolute Gasteiger partial charge is 0.319 e. The van der Waals surface area contributed by atoms with E-state index in [1.54, 1.807) is 24.3 Å². The lowest BCUT2D eigenvalue weighted by atomic mass is 10.0. The zero-order valence-electron chi connectivity index (χ0n) is 16.4. The Morgan fingerprint density at radius 2 is 1.75 bits per heavy atom. The Kier molecular flexibility index (Phi) is 7.14. The third-order valence-corrected chi connectivity index (χ3v) is 5.26. The molecule has 0 saturated carbocycles. The maximum absolute atomic E-state index is 12.4. The van der Waals surface area contributed by atoms with Crippen LogP contribution in [-0.2, 0) is 4.74 Å². The number of quaternary nitrogens is 1. The third-order valence-electron chi connectivity index (χ3n) is 5.01. The minimum Gasteiger partial charge on any atom is -0.378 e. The standard InChI is InChI=1S/C21H27ClN4O2/c1-25(2)19-9-3-16(4-10-19)20(26-11-13-28-14-12-26)15-23-21(27)24-18-7-5-17(22)6-8-18/h3-10,20H,11-15H2,1-2H3,(H2,23,24,27)/p+1/t20-/m0/s1. The van der Waals surface area contributed by atoms with Crippen LogP contribution in [0.25, 0.3) is 0 Å². The summed E-state index contributed by atoms with van der Waals surface area (Å²) in [6.07, 6.45) is 0. The number of carbonyl (C=O) groups is 1. The molecular formula is C21H28ClN4O2+. The molecule has 2 aromatic carbocycles. The van der Waals surface area contributed by atoms with E-state index in [2.05, 4.69) is 39.8 Å². The van der Waals surface area contributed by atoms with Crippen molar-refractivity contribution in [1.29, 1.82) is 0 Å². The van der Waals surface area contributed by atoms with Crippen LogP contribution in [-0.4, -0.2) is 53.0 Å². The number of morpholine rings is 1. The molecule has 1 fully saturated rings. The minimum absolute atomic E-state index is 0.177. The van der Waals surface area contributed by atoms with E-state index in [4.69, 9.17) is 16.3 Å². The van der Waals surface area contributed by atoms with Crippen molar-refractivity contribution in [3.8, 4) is 0 Å². The van der Waals surface area contributed by atoms with E-state index < -0.39 is 0 Å². The van der Waals surface area contributed by atoms with Crippen molar-refractivity contribution in [3.05, 3.63) is 59.1 Å². The predicted octanol–water partition coefficient (Wildman–Crippen LogP) is 2.18. The zero-order valence-corrected chi connectivity index (χ0v) is 17.1. The molecule has 2 aromatic rings. The molecule has 7 heteroatoms. The molecule has 0 unspecified atom stereocenters. The van der Waals surface area contributed by atoms with Gasteiger partial charge < -0.3 is 25.2 Å². The van der Waals surface area contributed by atoms with Crippen LogP contribution in [0.1, 0.15) is 11.6 Å². The molecule has 1 heterocycles. The highest BCUT2D eigenvalue weighted by Gasteiger charge is 2.27. The van der Waals surface area contributed by atoms with Crippen LogP contribution < -0.4 is 20.4 Å². The molecule has 0 aromatic heterocycles. The van der Waals surface area contributed by atoms with Gasteiger partial charge in [0.05, 0.1) is 19.8 Å². The van der Waals surface area contributed by atoms with Crippen LogP contribution in [0, 0.1) is 0 Å². The van der Waals surface area contributed by atoms with Crippen molar-refractivity contribution < 1.29 is 14.4 Å². The normalized spacial score (nSPS) is 15.7. The van der Waals surface area contributed by atoms with Crippen LogP contribution in [0.3, 0.4) is 0 Å². The van der Waals surface area contributed by atoms with Crippen molar-refractivity contribution >= 4 is 29.0 Å². The van der Waals surface area contributed by atoms with Crippen LogP contribution in [0.2, 0.25) is 5.02 Å². The van der Waals surface area contributed by atoms with Crippen molar-refractivity contribution in [2.24, 2.45) is 0 Å². The van der Waals surface area contributed by atoms with Gasteiger partial charge in [0.1, 0.15) is 19.1 Å². The number of hydrogen-bond acceptors (Lipinski definition) is 3. The van der Waals surface area contributed by atoms with Crippen molar-refractivity contribution in [2.45, 2.75) is 6.04 Å². The van der Waals surface area contributed by atoms with E-state index in [0.717, 1.165) is 32.0 Å². The van der Waals surface area contributed by atoms with E-state index in [1.165, 1.54) is 10.5 Å². The predicted molar refractivity (Wildman–Crippen MR) is 113 cm³/mol. The zero-order chi connectivity index (χ0) is 19.9. The second-order valence-electron chi connectivity index (χ2n) is 7.15. The van der Waals surface area contributed by atoms with Gasteiger partial charge >= 0.3 is 6.03 Å². The summed E-state index contributed by atoms with van der Waals surface area (Å²) in [6.45, 7) is 3.91. The number of halogens is 1. The molecule has 1 saturated heterocycles. The number of benzene rings is 2. The minimum atomic E-state index is -0.218. The average Bonchev–Trinajstić information content (AvgIpc) is 2.71. The van der Waals surface area contributed by atoms with Gasteiger partial charge in [0.2, 0.25) is 0 Å². The average molecular weight is 404 g/mol. The maximum atomic E-state index is 12.4. The number of ether oxygens (including phenoxy) is 1. The Balaban J connectivity index is 1.66. The summed E-state index contributed by atoms with van der Waals surface area (Å²) in [5, 5.41) is 6.52. The molecule has 0 radical (unpaired) electrons. The second kappa shape index (κ2) is 9.78. The number of rotatable bonds is 6. The lowest BCUT2D eigenvalue weighted by Gasteiger charge is -2.32. The van der Waals surface area contributed by atoms with E-state index in [-0.39, 0.29) is 12.1 Å². The molecule has 1 aliphatic rings. The number of nitrogens with one attached hydrogen (secondary N) is 3. The fourth-order valence-electron chi connectivity index (χ4n) is 3.39. The Morgan fingerprint density at radius 1 is 1.11 bits per heavy atom. The molecule has 3 rings (SSSR count). The molecule has 1 atom stereocenters. The van der Waals surface area contributed by atoms with E-state index in [9.17, 15) is 4.79 Å². The molecule has 0 bridgehead atoms. The van der Waals surface area contributed by atoms with Gasteiger partial charge in [0.25, 0.3) is 0 Å². The monoisotopic (exact) mass is 403 g/mol. The van der Waals surface area contributed by atoms with Gasteiger partial charge in [-0.05, 0) is 36.4 Å². The van der Waals surface area contributed by atoms with Gasteiger partial charge in [-0.3, -0.25) is 0 Å². The fraction of sp³-hybridized carbons (Fsp3) is 0.381. The summed E-state index contributed by atoms with van der Waals surface area (Å²) in [7, 11) is 4.06. The summed E-state index contributed by atoms with van der Waals surface area (Å²) >= 11 is 5.89. The Bertz CT molecular complexity index is 759. The molecule has 1 aliphatic heterocycles. The Morgan fingerprint density at radius 3 is 2.36 bits per heavy atom. The highest BCUT2D eigenvalue weighted by molar-refractivity contribution is 6.30. The van der Waals surface area contributed by atoms with Gasteiger partial charge in [-0.15, -0.1) is 0 Å². The largest absolute Gasteiger partial charge is 0.378 e. The third kappa shape index (κ3) is 5.61. The molecule has 2 amide bonds. The number of amides is 2. The van der Waals surface area contributed by atoms with Crippen LogP contribution in [0.5, 0.6) is 0 Å². The van der Waals surface area contributed by atoms with Crippen LogP contribution in [0.4, 0.5) is 16.2 Å². The summed E-state index contributed by atoms with van der Waals surface area (Å²) < 4.78 is 5.51. The first-order valence-corrected chi connectivity index (χ1v) is 9.91. The van der Waals surface area contributed by atoms with Gasteiger partial charge in [0.15, 0.2) is 0 Å². The quantitative estimate of drug-likeness (QED) is 0.693.